The number of aryl methyl sites for hydroxylation is 2. The third-order valence-corrected chi connectivity index (χ3v) is 10.6. The normalized spacial score (nSPS) is 23.5. The van der Waals surface area contributed by atoms with Crippen LogP contribution in [0.2, 0.25) is 0 Å². The van der Waals surface area contributed by atoms with Crippen molar-refractivity contribution >= 4 is 35.1 Å². The topological polar surface area (TPSA) is 141 Å². The number of rotatable bonds is 13. The summed E-state index contributed by atoms with van der Waals surface area (Å²) in [6.07, 6.45) is 5.66. The Labute approximate surface area is 289 Å². The number of carbonyl (C=O) groups excluding carboxylic acids is 5. The van der Waals surface area contributed by atoms with Crippen LogP contribution in [0.4, 0.5) is 4.79 Å². The van der Waals surface area contributed by atoms with E-state index >= 15 is 0 Å². The SMILES string of the molecule is CCC(=O)C(=O)[C@@H](CC(=O)[C@@H]1C[C@]2(CC(c3cc(C)c(OC)c(C)c3)=NO2)CN1C(=O)[C@@H](NC(=O)OC1CCCC1)C(C)(C)C)CC1CC1. The highest BCUT2D eigenvalue weighted by Gasteiger charge is 2.55. The zero-order valence-corrected chi connectivity index (χ0v) is 30.2. The van der Waals surface area contributed by atoms with Crippen molar-refractivity contribution in [2.45, 2.75) is 136 Å². The Morgan fingerprint density at radius 3 is 2.29 bits per heavy atom. The summed E-state index contributed by atoms with van der Waals surface area (Å²) in [4.78, 5) is 75.3. The van der Waals surface area contributed by atoms with Crippen molar-refractivity contribution in [3.8, 4) is 5.75 Å². The van der Waals surface area contributed by atoms with Crippen LogP contribution in [0.15, 0.2) is 17.3 Å². The van der Waals surface area contributed by atoms with Gasteiger partial charge >= 0.3 is 6.09 Å². The van der Waals surface area contributed by atoms with E-state index in [0.717, 1.165) is 61.0 Å². The van der Waals surface area contributed by atoms with Crippen molar-refractivity contribution in [3.63, 3.8) is 0 Å². The van der Waals surface area contributed by atoms with Crippen LogP contribution in [0.1, 0.15) is 115 Å². The fourth-order valence-electron chi connectivity index (χ4n) is 7.72. The molecule has 4 atom stereocenters. The molecule has 268 valence electrons. The molecule has 1 N–H and O–H groups in total. The van der Waals surface area contributed by atoms with Crippen LogP contribution < -0.4 is 10.1 Å². The molecule has 11 heteroatoms. The summed E-state index contributed by atoms with van der Waals surface area (Å²) in [6.45, 7) is 11.2. The summed E-state index contributed by atoms with van der Waals surface area (Å²) in [5, 5.41) is 7.30. The Kier molecular flexibility index (Phi) is 10.9. The number of likely N-dealkylation sites (tertiary alicyclic amines) is 1. The highest BCUT2D eigenvalue weighted by atomic mass is 16.7. The van der Waals surface area contributed by atoms with Gasteiger partial charge in [0.1, 0.15) is 17.9 Å². The molecular weight excluding hydrogens is 626 g/mol. The molecule has 49 heavy (non-hydrogen) atoms. The minimum atomic E-state index is -0.994. The van der Waals surface area contributed by atoms with Crippen LogP contribution in [0.25, 0.3) is 0 Å². The van der Waals surface area contributed by atoms with Gasteiger partial charge in [0.2, 0.25) is 11.7 Å². The van der Waals surface area contributed by atoms with E-state index in [-0.39, 0.29) is 37.7 Å². The van der Waals surface area contributed by atoms with E-state index in [1.165, 1.54) is 4.90 Å². The summed E-state index contributed by atoms with van der Waals surface area (Å²) in [5.41, 5.74) is 1.79. The Balaban J connectivity index is 1.42. The van der Waals surface area contributed by atoms with Gasteiger partial charge in [-0.25, -0.2) is 4.79 Å². The molecule has 0 radical (unpaired) electrons. The first-order valence-electron chi connectivity index (χ1n) is 17.9. The van der Waals surface area contributed by atoms with Crippen LogP contribution in [-0.2, 0) is 28.8 Å². The Hall–Kier alpha value is -3.76. The van der Waals surface area contributed by atoms with Gasteiger partial charge in [0.05, 0.1) is 25.4 Å². The van der Waals surface area contributed by atoms with E-state index in [1.54, 1.807) is 14.0 Å². The highest BCUT2D eigenvalue weighted by molar-refractivity contribution is 6.38. The minimum Gasteiger partial charge on any atom is -0.496 e. The molecule has 2 heterocycles. The number of Topliss-reactive ketones (excluding diaryl/α,β-unsaturated/α-hetero) is 3. The van der Waals surface area contributed by atoms with Gasteiger partial charge in [-0.3, -0.25) is 19.2 Å². The number of hydrogen-bond donors (Lipinski definition) is 1. The molecule has 5 rings (SSSR count). The van der Waals surface area contributed by atoms with Crippen LogP contribution in [0, 0.1) is 31.1 Å². The van der Waals surface area contributed by atoms with E-state index in [9.17, 15) is 24.0 Å². The summed E-state index contributed by atoms with van der Waals surface area (Å²) >= 11 is 0. The molecule has 2 aliphatic carbocycles. The standard InChI is InChI=1S/C38H53N3O8/c1-8-30(42)32(44)26(17-24-13-14-24)18-31(43)29-20-38(19-28(40-49-38)25-15-22(2)33(47-7)23(3)16-25)21-41(29)35(45)34(37(4,5)6)39-36(46)48-27-11-9-10-12-27/h15-16,24,26-27,29,34H,8-14,17-21H2,1-7H3,(H,39,46)/t26-,29+,34-,38-/m1/s1. The van der Waals surface area contributed by atoms with Crippen LogP contribution in [0.3, 0.4) is 0 Å². The largest absolute Gasteiger partial charge is 0.496 e. The number of nitrogens with zero attached hydrogens (tertiary/aromatic N) is 2. The maximum absolute atomic E-state index is 14.6. The van der Waals surface area contributed by atoms with Gasteiger partial charge in [0.25, 0.3) is 0 Å². The molecule has 11 nitrogen and oxygen atoms in total. The number of benzene rings is 1. The Bertz CT molecular complexity index is 1480. The number of methoxy groups -OCH3 is 1. The van der Waals surface area contributed by atoms with Crippen molar-refractivity contribution in [2.24, 2.45) is 22.4 Å². The zero-order chi connectivity index (χ0) is 35.7. The number of ketones is 3. The Morgan fingerprint density at radius 1 is 1.06 bits per heavy atom. The molecule has 2 amide bonds. The monoisotopic (exact) mass is 679 g/mol. The first-order chi connectivity index (χ1) is 23.1. The molecule has 0 bridgehead atoms. The van der Waals surface area contributed by atoms with E-state index in [2.05, 4.69) is 10.5 Å². The average molecular weight is 680 g/mol. The van der Waals surface area contributed by atoms with Crippen LogP contribution >= 0.6 is 0 Å². The first-order valence-corrected chi connectivity index (χ1v) is 17.9. The predicted molar refractivity (Wildman–Crippen MR) is 183 cm³/mol. The van der Waals surface area contributed by atoms with Gasteiger partial charge in [0.15, 0.2) is 17.2 Å². The number of carbonyl (C=O) groups is 5. The molecule has 0 unspecified atom stereocenters. The molecule has 1 saturated heterocycles. The minimum absolute atomic E-state index is 0.0738. The molecule has 3 fully saturated rings. The lowest BCUT2D eigenvalue weighted by atomic mass is 9.84. The molecule has 1 aromatic rings. The number of amides is 2. The third-order valence-electron chi connectivity index (χ3n) is 10.6. The lowest BCUT2D eigenvalue weighted by Gasteiger charge is -2.35. The summed E-state index contributed by atoms with van der Waals surface area (Å²) in [5.74, 6) is -1.30. The van der Waals surface area contributed by atoms with Gasteiger partial charge in [0, 0.05) is 37.2 Å². The molecule has 1 spiro atoms. The predicted octanol–water partition coefficient (Wildman–Crippen LogP) is 5.78. The van der Waals surface area contributed by atoms with E-state index in [1.807, 2.05) is 46.8 Å². The second kappa shape index (κ2) is 14.6. The maximum Gasteiger partial charge on any atom is 0.408 e. The van der Waals surface area contributed by atoms with Gasteiger partial charge in [-0.2, -0.15) is 0 Å². The van der Waals surface area contributed by atoms with Gasteiger partial charge in [-0.05, 0) is 80.5 Å². The maximum atomic E-state index is 14.6. The number of oxime groups is 1. The van der Waals surface area contributed by atoms with E-state index in [4.69, 9.17) is 14.3 Å². The number of hydrogen-bond acceptors (Lipinski definition) is 9. The fourth-order valence-corrected chi connectivity index (χ4v) is 7.72. The van der Waals surface area contributed by atoms with Crippen LogP contribution in [0.5, 0.6) is 5.75 Å². The molecular formula is C38H53N3O8. The molecule has 0 aromatic heterocycles. The highest BCUT2D eigenvalue weighted by Crippen LogP contribution is 2.42. The van der Waals surface area contributed by atoms with Crippen molar-refractivity contribution < 1.29 is 38.3 Å². The third kappa shape index (κ3) is 8.35. The molecule has 2 saturated carbocycles. The quantitative estimate of drug-likeness (QED) is 0.259. The van der Waals surface area contributed by atoms with Gasteiger partial charge in [-0.1, -0.05) is 45.7 Å². The molecule has 1 aromatic carbocycles. The second-order valence-electron chi connectivity index (χ2n) is 15.8. The fraction of sp³-hybridized carbons (Fsp3) is 0.684. The lowest BCUT2D eigenvalue weighted by molar-refractivity contribution is -0.143. The van der Waals surface area contributed by atoms with Crippen molar-refractivity contribution in [1.29, 1.82) is 0 Å². The summed E-state index contributed by atoms with van der Waals surface area (Å²) in [7, 11) is 1.64. The van der Waals surface area contributed by atoms with E-state index in [0.29, 0.717) is 24.5 Å². The second-order valence-corrected chi connectivity index (χ2v) is 15.8. The average Bonchev–Trinajstić information content (AvgIpc) is 3.38. The first kappa shape index (κ1) is 36.5. The number of nitrogens with one attached hydrogen (secondary N) is 1. The van der Waals surface area contributed by atoms with E-state index < -0.39 is 52.6 Å². The molecule has 2 aliphatic heterocycles. The van der Waals surface area contributed by atoms with Crippen molar-refractivity contribution in [2.75, 3.05) is 13.7 Å². The Morgan fingerprint density at radius 2 is 1.71 bits per heavy atom. The van der Waals surface area contributed by atoms with Crippen molar-refractivity contribution in [1.82, 2.24) is 10.2 Å². The summed E-state index contributed by atoms with van der Waals surface area (Å²) in [6, 6.07) is 2.06. The number of alkyl carbamates (subject to hydrolysis) is 1. The van der Waals surface area contributed by atoms with Gasteiger partial charge in [-0.15, -0.1) is 0 Å². The number of ether oxygens (including phenoxy) is 2. The smallest absolute Gasteiger partial charge is 0.408 e. The lowest BCUT2D eigenvalue weighted by Crippen LogP contribution is -2.57. The van der Waals surface area contributed by atoms with Crippen molar-refractivity contribution in [3.05, 3.63) is 28.8 Å². The zero-order valence-electron chi connectivity index (χ0n) is 30.2. The van der Waals surface area contributed by atoms with Gasteiger partial charge < -0.3 is 24.5 Å². The van der Waals surface area contributed by atoms with Crippen LogP contribution in [-0.4, -0.2) is 77.4 Å². The summed E-state index contributed by atoms with van der Waals surface area (Å²) < 4.78 is 11.2. The molecule has 4 aliphatic rings.